The highest BCUT2D eigenvalue weighted by Crippen LogP contribution is 2.21. The Hall–Kier alpha value is -2.45. The predicted octanol–water partition coefficient (Wildman–Crippen LogP) is 2.33. The molecule has 1 saturated heterocycles. The standard InChI is InChI=1S/C19H23FN6O.ClH/c1-2-24-18(15-6-5-9-21-11-15)23-26(19(24)27)13-14-10-22-25(12-14)17-8-4-3-7-16(17)20;/h3-4,7-8,10,12,15,21H,2,5-6,9,11,13H2,1H3;1H. The van der Waals surface area contributed by atoms with Crippen LogP contribution in [0.25, 0.3) is 5.69 Å². The molecule has 2 aromatic heterocycles. The first-order valence-corrected chi connectivity index (χ1v) is 9.34. The van der Waals surface area contributed by atoms with Gasteiger partial charge in [0.2, 0.25) is 0 Å². The predicted molar refractivity (Wildman–Crippen MR) is 107 cm³/mol. The molecule has 1 N–H and O–H groups in total. The van der Waals surface area contributed by atoms with E-state index in [1.54, 1.807) is 35.2 Å². The van der Waals surface area contributed by atoms with Gasteiger partial charge < -0.3 is 5.32 Å². The zero-order chi connectivity index (χ0) is 18.8. The van der Waals surface area contributed by atoms with Crippen molar-refractivity contribution in [3.8, 4) is 5.69 Å². The molecule has 1 aromatic carbocycles. The molecule has 1 aliphatic heterocycles. The van der Waals surface area contributed by atoms with Gasteiger partial charge in [-0.05, 0) is 38.4 Å². The molecular formula is C19H24ClFN6O. The van der Waals surface area contributed by atoms with Gasteiger partial charge in [0.05, 0.1) is 12.7 Å². The lowest BCUT2D eigenvalue weighted by Crippen LogP contribution is -2.31. The van der Waals surface area contributed by atoms with E-state index in [4.69, 9.17) is 0 Å². The monoisotopic (exact) mass is 406 g/mol. The molecule has 0 amide bonds. The SMILES string of the molecule is CCn1c(C2CCCNC2)nn(Cc2cnn(-c3ccccc3F)c2)c1=O.Cl. The number of hydrogen-bond acceptors (Lipinski definition) is 4. The third-order valence-corrected chi connectivity index (χ3v) is 5.00. The smallest absolute Gasteiger partial charge is 0.316 e. The molecule has 0 spiro atoms. The summed E-state index contributed by atoms with van der Waals surface area (Å²) in [5.41, 5.74) is 1.07. The molecule has 1 unspecified atom stereocenters. The van der Waals surface area contributed by atoms with Crippen LogP contribution in [0.1, 0.15) is 37.1 Å². The maximum Gasteiger partial charge on any atom is 0.346 e. The van der Waals surface area contributed by atoms with Gasteiger partial charge in [-0.1, -0.05) is 12.1 Å². The summed E-state index contributed by atoms with van der Waals surface area (Å²) in [4.78, 5) is 12.8. The molecule has 1 fully saturated rings. The summed E-state index contributed by atoms with van der Waals surface area (Å²) >= 11 is 0. The summed E-state index contributed by atoms with van der Waals surface area (Å²) in [5.74, 6) is 0.761. The fourth-order valence-corrected chi connectivity index (χ4v) is 3.62. The third-order valence-electron chi connectivity index (χ3n) is 5.00. The Balaban J connectivity index is 0.00000225. The number of rotatable bonds is 5. The van der Waals surface area contributed by atoms with Crippen molar-refractivity contribution in [1.82, 2.24) is 29.4 Å². The minimum Gasteiger partial charge on any atom is -0.316 e. The number of para-hydroxylation sites is 1. The zero-order valence-electron chi connectivity index (χ0n) is 15.7. The quantitative estimate of drug-likeness (QED) is 0.706. The summed E-state index contributed by atoms with van der Waals surface area (Å²) < 4.78 is 18.7. The molecule has 4 rings (SSSR count). The van der Waals surface area contributed by atoms with Gasteiger partial charge in [-0.3, -0.25) is 4.57 Å². The lowest BCUT2D eigenvalue weighted by Gasteiger charge is -2.21. The Morgan fingerprint density at radius 2 is 2.14 bits per heavy atom. The second-order valence-corrected chi connectivity index (χ2v) is 6.83. The maximum atomic E-state index is 13.9. The molecule has 9 heteroatoms. The molecule has 3 aromatic rings. The van der Waals surface area contributed by atoms with E-state index in [0.29, 0.717) is 18.8 Å². The van der Waals surface area contributed by atoms with Gasteiger partial charge in [0, 0.05) is 30.8 Å². The Morgan fingerprint density at radius 1 is 1.32 bits per heavy atom. The van der Waals surface area contributed by atoms with E-state index in [2.05, 4.69) is 15.5 Å². The van der Waals surface area contributed by atoms with Crippen molar-refractivity contribution in [1.29, 1.82) is 0 Å². The first-order valence-electron chi connectivity index (χ1n) is 9.34. The van der Waals surface area contributed by atoms with Crippen molar-refractivity contribution < 1.29 is 4.39 Å². The Bertz CT molecular complexity index is 988. The molecule has 0 saturated carbocycles. The van der Waals surface area contributed by atoms with Crippen LogP contribution in [0.3, 0.4) is 0 Å². The van der Waals surface area contributed by atoms with E-state index >= 15 is 0 Å². The van der Waals surface area contributed by atoms with Crippen molar-refractivity contribution in [3.05, 3.63) is 64.3 Å². The van der Waals surface area contributed by atoms with Crippen molar-refractivity contribution in [2.45, 2.75) is 38.8 Å². The molecule has 3 heterocycles. The molecule has 1 atom stereocenters. The highest BCUT2D eigenvalue weighted by Gasteiger charge is 2.23. The van der Waals surface area contributed by atoms with Crippen LogP contribution in [-0.2, 0) is 13.1 Å². The normalized spacial score (nSPS) is 16.7. The molecule has 1 aliphatic rings. The van der Waals surface area contributed by atoms with E-state index in [1.165, 1.54) is 15.4 Å². The van der Waals surface area contributed by atoms with Crippen molar-refractivity contribution >= 4 is 12.4 Å². The minimum absolute atomic E-state index is 0. The molecule has 0 bridgehead atoms. The van der Waals surface area contributed by atoms with Gasteiger partial charge in [0.15, 0.2) is 0 Å². The second kappa shape index (κ2) is 8.70. The van der Waals surface area contributed by atoms with Crippen LogP contribution in [0, 0.1) is 5.82 Å². The average Bonchev–Trinajstić information content (AvgIpc) is 3.28. The number of aromatic nitrogens is 5. The van der Waals surface area contributed by atoms with E-state index in [0.717, 1.165) is 37.3 Å². The Kier molecular flexibility index (Phi) is 6.31. The van der Waals surface area contributed by atoms with Crippen LogP contribution in [-0.4, -0.2) is 37.2 Å². The number of nitrogens with one attached hydrogen (secondary N) is 1. The lowest BCUT2D eigenvalue weighted by molar-refractivity contribution is 0.431. The number of halogens is 2. The first kappa shape index (κ1) is 20.3. The summed E-state index contributed by atoms with van der Waals surface area (Å²) in [5, 5.41) is 12.2. The van der Waals surface area contributed by atoms with Crippen molar-refractivity contribution in [3.63, 3.8) is 0 Å². The van der Waals surface area contributed by atoms with E-state index in [9.17, 15) is 9.18 Å². The topological polar surface area (TPSA) is 69.7 Å². The molecule has 7 nitrogen and oxygen atoms in total. The molecule has 0 radical (unpaired) electrons. The number of nitrogens with zero attached hydrogens (tertiary/aromatic N) is 5. The summed E-state index contributed by atoms with van der Waals surface area (Å²) in [6.07, 6.45) is 5.50. The van der Waals surface area contributed by atoms with Gasteiger partial charge in [0.25, 0.3) is 0 Å². The third kappa shape index (κ3) is 3.88. The molecule has 150 valence electrons. The number of piperidine rings is 1. The Morgan fingerprint density at radius 3 is 2.86 bits per heavy atom. The van der Waals surface area contributed by atoms with Crippen LogP contribution in [0.15, 0.2) is 41.5 Å². The summed E-state index contributed by atoms with van der Waals surface area (Å²) in [7, 11) is 0. The average molecular weight is 407 g/mol. The van der Waals surface area contributed by atoms with Gasteiger partial charge >= 0.3 is 5.69 Å². The largest absolute Gasteiger partial charge is 0.346 e. The summed E-state index contributed by atoms with van der Waals surface area (Å²) in [6.45, 7) is 4.74. The summed E-state index contributed by atoms with van der Waals surface area (Å²) in [6, 6.07) is 6.46. The second-order valence-electron chi connectivity index (χ2n) is 6.83. The minimum atomic E-state index is -0.341. The van der Waals surface area contributed by atoms with Gasteiger partial charge in [0.1, 0.15) is 17.3 Å². The highest BCUT2D eigenvalue weighted by atomic mass is 35.5. The first-order chi connectivity index (χ1) is 13.2. The van der Waals surface area contributed by atoms with Crippen LogP contribution in [0.2, 0.25) is 0 Å². The number of hydrogen-bond donors (Lipinski definition) is 1. The highest BCUT2D eigenvalue weighted by molar-refractivity contribution is 5.85. The van der Waals surface area contributed by atoms with Crippen molar-refractivity contribution in [2.24, 2.45) is 0 Å². The van der Waals surface area contributed by atoms with Gasteiger partial charge in [-0.15, -0.1) is 12.4 Å². The Labute approximate surface area is 168 Å². The number of benzene rings is 1. The molecule has 0 aliphatic carbocycles. The van der Waals surface area contributed by atoms with Gasteiger partial charge in [-0.25, -0.2) is 18.5 Å². The van der Waals surface area contributed by atoms with Crippen LogP contribution in [0.4, 0.5) is 4.39 Å². The fraction of sp³-hybridized carbons (Fsp3) is 0.421. The van der Waals surface area contributed by atoms with E-state index in [1.807, 2.05) is 6.92 Å². The van der Waals surface area contributed by atoms with Crippen LogP contribution in [0.5, 0.6) is 0 Å². The van der Waals surface area contributed by atoms with E-state index < -0.39 is 0 Å². The molecule has 28 heavy (non-hydrogen) atoms. The van der Waals surface area contributed by atoms with Gasteiger partial charge in [-0.2, -0.15) is 10.2 Å². The van der Waals surface area contributed by atoms with Crippen LogP contribution < -0.4 is 11.0 Å². The fourth-order valence-electron chi connectivity index (χ4n) is 3.62. The van der Waals surface area contributed by atoms with Crippen molar-refractivity contribution in [2.75, 3.05) is 13.1 Å². The van der Waals surface area contributed by atoms with Crippen LogP contribution >= 0.6 is 12.4 Å². The maximum absolute atomic E-state index is 13.9. The van der Waals surface area contributed by atoms with E-state index in [-0.39, 0.29) is 29.8 Å². The zero-order valence-corrected chi connectivity index (χ0v) is 16.5. The molecular weight excluding hydrogens is 383 g/mol. The lowest BCUT2D eigenvalue weighted by atomic mass is 9.99.